The number of hydrogen-bond acceptors (Lipinski definition) is 4. The number of hydrogen-bond donors (Lipinski definition) is 1. The molecule has 1 amide bonds. The van der Waals surface area contributed by atoms with Crippen LogP contribution in [-0.2, 0) is 11.3 Å². The Morgan fingerprint density at radius 1 is 1.46 bits per heavy atom. The lowest BCUT2D eigenvalue weighted by atomic mass is 10.1. The van der Waals surface area contributed by atoms with E-state index in [2.05, 4.69) is 33.5 Å². The van der Waals surface area contributed by atoms with E-state index in [1.165, 1.54) is 11.3 Å². The Labute approximate surface area is 146 Å². The maximum Gasteiger partial charge on any atom is 0.221 e. The average Bonchev–Trinajstić information content (AvgIpc) is 3.24. The van der Waals surface area contributed by atoms with Crippen LogP contribution in [0.15, 0.2) is 30.6 Å². The maximum atomic E-state index is 11.9. The van der Waals surface area contributed by atoms with Crippen molar-refractivity contribution in [3.05, 3.63) is 41.2 Å². The summed E-state index contributed by atoms with van der Waals surface area (Å²) in [5, 5.41) is 11.4. The molecule has 0 saturated carbocycles. The second kappa shape index (κ2) is 7.66. The van der Waals surface area contributed by atoms with Crippen molar-refractivity contribution in [1.82, 2.24) is 20.3 Å². The fourth-order valence-corrected chi connectivity index (χ4v) is 3.22. The van der Waals surface area contributed by atoms with Gasteiger partial charge in [0.05, 0.1) is 12.7 Å². The number of rotatable bonds is 6. The molecule has 1 aromatic carbocycles. The first kappa shape index (κ1) is 16.8. The summed E-state index contributed by atoms with van der Waals surface area (Å²) in [7, 11) is 0. The number of benzene rings is 1. The third-order valence-corrected chi connectivity index (χ3v) is 4.66. The Morgan fingerprint density at radius 2 is 2.33 bits per heavy atom. The molecule has 24 heavy (non-hydrogen) atoms. The molecule has 0 unspecified atom stereocenters. The van der Waals surface area contributed by atoms with Gasteiger partial charge in [-0.1, -0.05) is 22.9 Å². The van der Waals surface area contributed by atoms with Gasteiger partial charge in [0.1, 0.15) is 0 Å². The molecule has 1 aliphatic rings. The molecule has 2 heterocycles. The highest BCUT2D eigenvalue weighted by atomic mass is 35.5. The van der Waals surface area contributed by atoms with Crippen LogP contribution in [0.4, 0.5) is 5.69 Å². The molecule has 1 saturated heterocycles. The summed E-state index contributed by atoms with van der Waals surface area (Å²) >= 11 is 6.12. The minimum Gasteiger partial charge on any atom is -0.371 e. The zero-order valence-electron chi connectivity index (χ0n) is 13.8. The van der Waals surface area contributed by atoms with Gasteiger partial charge in [-0.2, -0.15) is 0 Å². The molecule has 0 radical (unpaired) electrons. The first-order chi connectivity index (χ1) is 11.6. The summed E-state index contributed by atoms with van der Waals surface area (Å²) in [6.45, 7) is 5.33. The quantitative estimate of drug-likeness (QED) is 0.870. The summed E-state index contributed by atoms with van der Waals surface area (Å²) in [5.74, 6) is 0.529. The standard InChI is InChI=1S/C17H22ClN5O/c1-13-2-3-15(18)10-16(13)22-7-4-14(12-22)11-19-17(24)5-8-23-9-6-20-21-23/h2-3,6,9-10,14H,4-5,7-8,11-12H2,1H3,(H,19,24)/t14-/m1/s1. The van der Waals surface area contributed by atoms with Gasteiger partial charge < -0.3 is 10.2 Å². The molecule has 7 heteroatoms. The van der Waals surface area contributed by atoms with Gasteiger partial charge in [0.15, 0.2) is 0 Å². The molecule has 1 aromatic heterocycles. The molecule has 1 atom stereocenters. The predicted octanol–water partition coefficient (Wildman–Crippen LogP) is 2.27. The SMILES string of the molecule is Cc1ccc(Cl)cc1N1CC[C@H](CNC(=O)CCn2ccnn2)C1. The van der Waals surface area contributed by atoms with E-state index in [0.717, 1.165) is 24.5 Å². The number of aromatic nitrogens is 3. The van der Waals surface area contributed by atoms with Gasteiger partial charge in [0, 0.05) is 43.0 Å². The molecule has 3 rings (SSSR count). The van der Waals surface area contributed by atoms with Crippen molar-refractivity contribution in [1.29, 1.82) is 0 Å². The van der Waals surface area contributed by atoms with Crippen LogP contribution in [0, 0.1) is 12.8 Å². The third-order valence-electron chi connectivity index (χ3n) is 4.43. The molecular formula is C17H22ClN5O. The molecule has 2 aromatic rings. The van der Waals surface area contributed by atoms with E-state index in [1.807, 2.05) is 12.1 Å². The molecule has 0 aliphatic carbocycles. The monoisotopic (exact) mass is 347 g/mol. The maximum absolute atomic E-state index is 11.9. The Balaban J connectivity index is 1.44. The largest absolute Gasteiger partial charge is 0.371 e. The summed E-state index contributed by atoms with van der Waals surface area (Å²) in [5.41, 5.74) is 2.43. The first-order valence-electron chi connectivity index (χ1n) is 8.24. The summed E-state index contributed by atoms with van der Waals surface area (Å²) < 4.78 is 1.67. The van der Waals surface area contributed by atoms with Gasteiger partial charge in [-0.05, 0) is 37.0 Å². The fourth-order valence-electron chi connectivity index (χ4n) is 3.06. The van der Waals surface area contributed by atoms with E-state index in [1.54, 1.807) is 17.1 Å². The van der Waals surface area contributed by atoms with Gasteiger partial charge in [0.2, 0.25) is 5.91 Å². The summed E-state index contributed by atoms with van der Waals surface area (Å²) in [6, 6.07) is 6.00. The van der Waals surface area contributed by atoms with Crippen molar-refractivity contribution in [2.45, 2.75) is 26.3 Å². The van der Waals surface area contributed by atoms with Crippen LogP contribution < -0.4 is 10.2 Å². The Hall–Kier alpha value is -2.08. The zero-order valence-corrected chi connectivity index (χ0v) is 14.5. The number of nitrogens with zero attached hydrogens (tertiary/aromatic N) is 4. The van der Waals surface area contributed by atoms with Crippen molar-refractivity contribution in [2.75, 3.05) is 24.5 Å². The third kappa shape index (κ3) is 4.26. The molecule has 0 spiro atoms. The van der Waals surface area contributed by atoms with E-state index in [4.69, 9.17) is 11.6 Å². The smallest absolute Gasteiger partial charge is 0.221 e. The van der Waals surface area contributed by atoms with Crippen LogP contribution in [0.25, 0.3) is 0 Å². The lowest BCUT2D eigenvalue weighted by Gasteiger charge is -2.21. The van der Waals surface area contributed by atoms with Crippen LogP contribution in [0.2, 0.25) is 5.02 Å². The topological polar surface area (TPSA) is 63.1 Å². The van der Waals surface area contributed by atoms with Gasteiger partial charge in [-0.15, -0.1) is 5.10 Å². The number of carbonyl (C=O) groups is 1. The number of anilines is 1. The highest BCUT2D eigenvalue weighted by molar-refractivity contribution is 6.30. The molecule has 6 nitrogen and oxygen atoms in total. The van der Waals surface area contributed by atoms with Crippen molar-refractivity contribution in [2.24, 2.45) is 5.92 Å². The fraction of sp³-hybridized carbons (Fsp3) is 0.471. The van der Waals surface area contributed by atoms with Crippen LogP contribution in [-0.4, -0.2) is 40.5 Å². The van der Waals surface area contributed by atoms with Gasteiger partial charge in [0.25, 0.3) is 0 Å². The van der Waals surface area contributed by atoms with E-state index in [9.17, 15) is 4.79 Å². The zero-order chi connectivity index (χ0) is 16.9. The highest BCUT2D eigenvalue weighted by Crippen LogP contribution is 2.29. The minimum absolute atomic E-state index is 0.0582. The normalized spacial score (nSPS) is 17.2. The van der Waals surface area contributed by atoms with Crippen molar-refractivity contribution in [3.8, 4) is 0 Å². The van der Waals surface area contributed by atoms with E-state index in [0.29, 0.717) is 25.4 Å². The second-order valence-corrected chi connectivity index (χ2v) is 6.69. The minimum atomic E-state index is 0.0582. The average molecular weight is 348 g/mol. The number of amides is 1. The first-order valence-corrected chi connectivity index (χ1v) is 8.61. The Kier molecular flexibility index (Phi) is 5.35. The van der Waals surface area contributed by atoms with Crippen LogP contribution in [0.3, 0.4) is 0 Å². The van der Waals surface area contributed by atoms with E-state index in [-0.39, 0.29) is 5.91 Å². The van der Waals surface area contributed by atoms with Crippen molar-refractivity contribution in [3.63, 3.8) is 0 Å². The molecule has 1 N–H and O–H groups in total. The second-order valence-electron chi connectivity index (χ2n) is 6.25. The molecule has 1 fully saturated rings. The summed E-state index contributed by atoms with van der Waals surface area (Å²) in [6.07, 6.45) is 4.88. The number of nitrogens with one attached hydrogen (secondary N) is 1. The van der Waals surface area contributed by atoms with E-state index < -0.39 is 0 Å². The number of aryl methyl sites for hydroxylation is 2. The Morgan fingerprint density at radius 3 is 3.12 bits per heavy atom. The molecule has 1 aliphatic heterocycles. The molecule has 0 bridgehead atoms. The number of carbonyl (C=O) groups excluding carboxylic acids is 1. The van der Waals surface area contributed by atoms with Gasteiger partial charge in [-0.25, -0.2) is 0 Å². The predicted molar refractivity (Wildman–Crippen MR) is 94.2 cm³/mol. The van der Waals surface area contributed by atoms with Crippen LogP contribution in [0.1, 0.15) is 18.4 Å². The highest BCUT2D eigenvalue weighted by Gasteiger charge is 2.24. The van der Waals surface area contributed by atoms with Gasteiger partial charge in [-0.3, -0.25) is 9.48 Å². The van der Waals surface area contributed by atoms with Gasteiger partial charge >= 0.3 is 0 Å². The van der Waals surface area contributed by atoms with Crippen molar-refractivity contribution >= 4 is 23.2 Å². The lowest BCUT2D eigenvalue weighted by molar-refractivity contribution is -0.121. The summed E-state index contributed by atoms with van der Waals surface area (Å²) in [4.78, 5) is 14.3. The van der Waals surface area contributed by atoms with Crippen LogP contribution >= 0.6 is 11.6 Å². The van der Waals surface area contributed by atoms with Crippen LogP contribution in [0.5, 0.6) is 0 Å². The number of halogens is 1. The van der Waals surface area contributed by atoms with E-state index >= 15 is 0 Å². The molecular weight excluding hydrogens is 326 g/mol. The lowest BCUT2D eigenvalue weighted by Crippen LogP contribution is -2.31. The Bertz CT molecular complexity index is 688. The molecule has 128 valence electrons. The van der Waals surface area contributed by atoms with Crippen molar-refractivity contribution < 1.29 is 4.79 Å².